The van der Waals surface area contributed by atoms with Gasteiger partial charge in [0, 0.05) is 30.2 Å². The molecule has 1 aliphatic heterocycles. The molecule has 1 heterocycles. The molecule has 1 N–H and O–H groups in total. The monoisotopic (exact) mass is 356 g/mol. The normalized spacial score (nSPS) is 19.2. The molecule has 2 rings (SSSR count). The summed E-state index contributed by atoms with van der Waals surface area (Å²) in [5.41, 5.74) is 0.855. The standard InChI is InChI=1S/C16H21ClN2O3S/c1-23(21,22)18-12-15-7-2-3-10-19(15)16(20)9-8-13-5-4-6-14(17)11-13/h4-6,8-9,11,15,18H,2-3,7,10,12H2,1H3/b9-8+/t15-/m0/s1. The van der Waals surface area contributed by atoms with E-state index in [1.807, 2.05) is 12.1 Å². The second-order valence-corrected chi connectivity index (χ2v) is 7.96. The average molecular weight is 357 g/mol. The van der Waals surface area contributed by atoms with E-state index in [0.29, 0.717) is 11.6 Å². The van der Waals surface area contributed by atoms with Gasteiger partial charge in [0.1, 0.15) is 0 Å². The highest BCUT2D eigenvalue weighted by Crippen LogP contribution is 2.18. The van der Waals surface area contributed by atoms with Crippen LogP contribution in [-0.4, -0.2) is 44.6 Å². The molecule has 0 aliphatic carbocycles. The molecule has 1 amide bonds. The van der Waals surface area contributed by atoms with Crippen LogP contribution in [0.15, 0.2) is 30.3 Å². The number of amides is 1. The van der Waals surface area contributed by atoms with Crippen molar-refractivity contribution in [3.05, 3.63) is 40.9 Å². The predicted molar refractivity (Wildman–Crippen MR) is 92.7 cm³/mol. The molecule has 1 aromatic rings. The van der Waals surface area contributed by atoms with E-state index in [0.717, 1.165) is 31.1 Å². The van der Waals surface area contributed by atoms with Gasteiger partial charge < -0.3 is 4.90 Å². The summed E-state index contributed by atoms with van der Waals surface area (Å²) in [5, 5.41) is 0.618. The molecule has 1 saturated heterocycles. The highest BCUT2D eigenvalue weighted by molar-refractivity contribution is 7.88. The summed E-state index contributed by atoms with van der Waals surface area (Å²) >= 11 is 5.92. The molecular formula is C16H21ClN2O3S. The third kappa shape index (κ3) is 5.97. The van der Waals surface area contributed by atoms with Gasteiger partial charge in [-0.15, -0.1) is 0 Å². The molecule has 1 fully saturated rings. The Morgan fingerprint density at radius 1 is 1.43 bits per heavy atom. The van der Waals surface area contributed by atoms with E-state index < -0.39 is 10.0 Å². The third-order valence-electron chi connectivity index (χ3n) is 3.76. The molecule has 0 spiro atoms. The van der Waals surface area contributed by atoms with Crippen molar-refractivity contribution in [1.82, 2.24) is 9.62 Å². The predicted octanol–water partition coefficient (Wildman–Crippen LogP) is 2.28. The van der Waals surface area contributed by atoms with Crippen molar-refractivity contribution in [2.75, 3.05) is 19.3 Å². The highest BCUT2D eigenvalue weighted by atomic mass is 35.5. The minimum Gasteiger partial charge on any atom is -0.335 e. The van der Waals surface area contributed by atoms with Crippen molar-refractivity contribution in [3.8, 4) is 0 Å². The highest BCUT2D eigenvalue weighted by Gasteiger charge is 2.25. The van der Waals surface area contributed by atoms with Crippen molar-refractivity contribution in [2.24, 2.45) is 0 Å². The Hall–Kier alpha value is -1.37. The summed E-state index contributed by atoms with van der Waals surface area (Å²) in [6, 6.07) is 7.15. The molecule has 0 radical (unpaired) electrons. The molecule has 126 valence electrons. The zero-order chi connectivity index (χ0) is 16.9. The lowest BCUT2D eigenvalue weighted by Gasteiger charge is -2.35. The van der Waals surface area contributed by atoms with Crippen LogP contribution in [0.1, 0.15) is 24.8 Å². The van der Waals surface area contributed by atoms with Crippen LogP contribution < -0.4 is 4.72 Å². The van der Waals surface area contributed by atoms with E-state index in [-0.39, 0.29) is 18.5 Å². The van der Waals surface area contributed by atoms with Gasteiger partial charge in [0.05, 0.1) is 6.26 Å². The molecule has 23 heavy (non-hydrogen) atoms. The van der Waals surface area contributed by atoms with Gasteiger partial charge in [-0.05, 0) is 43.0 Å². The fourth-order valence-corrected chi connectivity index (χ4v) is 3.32. The SMILES string of the molecule is CS(=O)(=O)NC[C@@H]1CCCCN1C(=O)/C=C/c1cccc(Cl)c1. The molecule has 1 aromatic carbocycles. The third-order valence-corrected chi connectivity index (χ3v) is 4.68. The van der Waals surface area contributed by atoms with E-state index in [1.165, 1.54) is 6.08 Å². The number of hydrogen-bond donors (Lipinski definition) is 1. The topological polar surface area (TPSA) is 66.5 Å². The van der Waals surface area contributed by atoms with Crippen molar-refractivity contribution < 1.29 is 13.2 Å². The van der Waals surface area contributed by atoms with Gasteiger partial charge in [-0.25, -0.2) is 13.1 Å². The molecule has 0 bridgehead atoms. The summed E-state index contributed by atoms with van der Waals surface area (Å²) in [7, 11) is -3.25. The van der Waals surface area contributed by atoms with E-state index in [4.69, 9.17) is 11.6 Å². The quantitative estimate of drug-likeness (QED) is 0.823. The maximum atomic E-state index is 12.4. The number of carbonyl (C=O) groups excluding carboxylic acids is 1. The number of halogens is 1. The Kier molecular flexibility index (Phi) is 6.21. The Labute approximate surface area is 142 Å². The number of nitrogens with one attached hydrogen (secondary N) is 1. The lowest BCUT2D eigenvalue weighted by molar-refractivity contribution is -0.129. The maximum Gasteiger partial charge on any atom is 0.246 e. The van der Waals surface area contributed by atoms with Crippen molar-refractivity contribution in [1.29, 1.82) is 0 Å². The van der Waals surface area contributed by atoms with Crippen LogP contribution in [0.2, 0.25) is 5.02 Å². The van der Waals surface area contributed by atoms with Gasteiger partial charge in [0.15, 0.2) is 0 Å². The van der Waals surface area contributed by atoms with Crippen LogP contribution in [0.5, 0.6) is 0 Å². The van der Waals surface area contributed by atoms with E-state index in [2.05, 4.69) is 4.72 Å². The molecule has 5 nitrogen and oxygen atoms in total. The van der Waals surface area contributed by atoms with Crippen molar-refractivity contribution >= 4 is 33.6 Å². The Balaban J connectivity index is 2.03. The van der Waals surface area contributed by atoms with Gasteiger partial charge in [-0.2, -0.15) is 0 Å². The van der Waals surface area contributed by atoms with Crippen LogP contribution in [0.25, 0.3) is 6.08 Å². The number of hydrogen-bond acceptors (Lipinski definition) is 3. The fourth-order valence-electron chi connectivity index (χ4n) is 2.62. The smallest absolute Gasteiger partial charge is 0.246 e. The first kappa shape index (κ1) is 18.0. The summed E-state index contributed by atoms with van der Waals surface area (Å²) in [5.74, 6) is -0.107. The van der Waals surface area contributed by atoms with Crippen LogP contribution >= 0.6 is 11.6 Å². The molecule has 7 heteroatoms. The molecule has 1 atom stereocenters. The summed E-state index contributed by atoms with van der Waals surface area (Å²) < 4.78 is 25.0. The number of likely N-dealkylation sites (tertiary alicyclic amines) is 1. The second-order valence-electron chi connectivity index (χ2n) is 5.69. The first-order valence-corrected chi connectivity index (χ1v) is 9.81. The molecular weight excluding hydrogens is 336 g/mol. The van der Waals surface area contributed by atoms with E-state index >= 15 is 0 Å². The van der Waals surface area contributed by atoms with Gasteiger partial charge in [-0.3, -0.25) is 4.79 Å². The van der Waals surface area contributed by atoms with Crippen molar-refractivity contribution in [2.45, 2.75) is 25.3 Å². The molecule has 0 unspecified atom stereocenters. The zero-order valence-corrected chi connectivity index (χ0v) is 14.6. The second kappa shape index (κ2) is 7.95. The summed E-state index contributed by atoms with van der Waals surface area (Å²) in [6.45, 7) is 0.907. The molecule has 0 aromatic heterocycles. The summed E-state index contributed by atoms with van der Waals surface area (Å²) in [6.07, 6.45) is 7.11. The number of carbonyl (C=O) groups is 1. The lowest BCUT2D eigenvalue weighted by atomic mass is 10.0. The maximum absolute atomic E-state index is 12.4. The van der Waals surface area contributed by atoms with Crippen LogP contribution in [0.4, 0.5) is 0 Å². The first-order valence-electron chi connectivity index (χ1n) is 7.54. The van der Waals surface area contributed by atoms with Crippen LogP contribution in [-0.2, 0) is 14.8 Å². The Bertz CT molecular complexity index is 688. The number of piperidine rings is 1. The minimum absolute atomic E-state index is 0.102. The van der Waals surface area contributed by atoms with E-state index in [1.54, 1.807) is 23.1 Å². The number of rotatable bonds is 5. The largest absolute Gasteiger partial charge is 0.335 e. The average Bonchev–Trinajstić information content (AvgIpc) is 2.50. The van der Waals surface area contributed by atoms with E-state index in [9.17, 15) is 13.2 Å². The zero-order valence-electron chi connectivity index (χ0n) is 13.0. The fraction of sp³-hybridized carbons (Fsp3) is 0.438. The number of benzene rings is 1. The van der Waals surface area contributed by atoms with Gasteiger partial charge >= 0.3 is 0 Å². The Morgan fingerprint density at radius 2 is 2.22 bits per heavy atom. The number of sulfonamides is 1. The van der Waals surface area contributed by atoms with Gasteiger partial charge in [0.25, 0.3) is 0 Å². The summed E-state index contributed by atoms with van der Waals surface area (Å²) in [4.78, 5) is 14.2. The molecule has 1 aliphatic rings. The van der Waals surface area contributed by atoms with Gasteiger partial charge in [-0.1, -0.05) is 23.7 Å². The van der Waals surface area contributed by atoms with Gasteiger partial charge in [0.2, 0.25) is 15.9 Å². The first-order chi connectivity index (χ1) is 10.8. The van der Waals surface area contributed by atoms with Crippen LogP contribution in [0, 0.1) is 0 Å². The van der Waals surface area contributed by atoms with Crippen molar-refractivity contribution in [3.63, 3.8) is 0 Å². The molecule has 0 saturated carbocycles. The minimum atomic E-state index is -3.25. The number of nitrogens with zero attached hydrogens (tertiary/aromatic N) is 1. The lowest BCUT2D eigenvalue weighted by Crippen LogP contribution is -2.48. The van der Waals surface area contributed by atoms with Crippen LogP contribution in [0.3, 0.4) is 0 Å². The Morgan fingerprint density at radius 3 is 2.91 bits per heavy atom.